The molecule has 1 aliphatic rings. The SMILES string of the molecule is CC1=C(c2ccccc2)CNCO1. The van der Waals surface area contributed by atoms with Crippen molar-refractivity contribution in [1.82, 2.24) is 5.32 Å². The quantitative estimate of drug-likeness (QED) is 0.704. The molecule has 0 aliphatic carbocycles. The first kappa shape index (κ1) is 8.32. The summed E-state index contributed by atoms with van der Waals surface area (Å²) in [6.45, 7) is 3.54. The molecule has 2 heteroatoms. The highest BCUT2D eigenvalue weighted by atomic mass is 16.5. The molecule has 0 fully saturated rings. The van der Waals surface area contributed by atoms with Crippen LogP contribution in [-0.2, 0) is 4.74 Å². The Morgan fingerprint density at radius 3 is 2.69 bits per heavy atom. The standard InChI is InChI=1S/C11H13NO/c1-9-11(7-12-8-13-9)10-5-3-2-4-6-10/h2-6,12H,7-8H2,1H3. The van der Waals surface area contributed by atoms with E-state index < -0.39 is 0 Å². The third kappa shape index (κ3) is 1.73. The molecular weight excluding hydrogens is 162 g/mol. The summed E-state index contributed by atoms with van der Waals surface area (Å²) in [6, 6.07) is 10.3. The number of rotatable bonds is 1. The number of hydrogen-bond donors (Lipinski definition) is 1. The largest absolute Gasteiger partial charge is 0.483 e. The Balaban J connectivity index is 2.35. The fraction of sp³-hybridized carbons (Fsp3) is 0.273. The summed E-state index contributed by atoms with van der Waals surface area (Å²) in [4.78, 5) is 0. The lowest BCUT2D eigenvalue weighted by atomic mass is 10.0. The fourth-order valence-corrected chi connectivity index (χ4v) is 1.49. The molecule has 68 valence electrons. The molecule has 1 N–H and O–H groups in total. The van der Waals surface area contributed by atoms with Crippen LogP contribution >= 0.6 is 0 Å². The van der Waals surface area contributed by atoms with Crippen molar-refractivity contribution in [2.24, 2.45) is 0 Å². The van der Waals surface area contributed by atoms with Crippen molar-refractivity contribution >= 4 is 5.57 Å². The minimum Gasteiger partial charge on any atom is -0.483 e. The highest BCUT2D eigenvalue weighted by molar-refractivity contribution is 5.68. The highest BCUT2D eigenvalue weighted by Gasteiger charge is 2.10. The minimum atomic E-state index is 0.627. The van der Waals surface area contributed by atoms with Gasteiger partial charge < -0.3 is 4.74 Å². The summed E-state index contributed by atoms with van der Waals surface area (Å²) in [5.41, 5.74) is 2.50. The molecule has 0 radical (unpaired) electrons. The first-order chi connectivity index (χ1) is 6.38. The lowest BCUT2D eigenvalue weighted by Gasteiger charge is -2.20. The normalized spacial score (nSPS) is 17.0. The second-order valence-electron chi connectivity index (χ2n) is 3.12. The molecular formula is C11H13NO. The maximum atomic E-state index is 5.41. The first-order valence-electron chi connectivity index (χ1n) is 4.46. The van der Waals surface area contributed by atoms with Gasteiger partial charge in [-0.15, -0.1) is 0 Å². The Morgan fingerprint density at radius 2 is 2.00 bits per heavy atom. The molecule has 0 saturated carbocycles. The van der Waals surface area contributed by atoms with Crippen LogP contribution in [0, 0.1) is 0 Å². The molecule has 13 heavy (non-hydrogen) atoms. The van der Waals surface area contributed by atoms with E-state index in [-0.39, 0.29) is 0 Å². The van der Waals surface area contributed by atoms with Crippen molar-refractivity contribution in [2.75, 3.05) is 13.3 Å². The minimum absolute atomic E-state index is 0.627. The van der Waals surface area contributed by atoms with Gasteiger partial charge in [0.1, 0.15) is 6.73 Å². The topological polar surface area (TPSA) is 21.3 Å². The van der Waals surface area contributed by atoms with Crippen LogP contribution in [0.2, 0.25) is 0 Å². The smallest absolute Gasteiger partial charge is 0.139 e. The molecule has 0 amide bonds. The molecule has 1 heterocycles. The maximum absolute atomic E-state index is 5.41. The van der Waals surface area contributed by atoms with Gasteiger partial charge in [-0.1, -0.05) is 30.3 Å². The molecule has 1 aromatic rings. The van der Waals surface area contributed by atoms with Crippen LogP contribution in [0.3, 0.4) is 0 Å². The molecule has 2 nitrogen and oxygen atoms in total. The zero-order valence-corrected chi connectivity index (χ0v) is 7.71. The Morgan fingerprint density at radius 1 is 1.23 bits per heavy atom. The Labute approximate surface area is 78.2 Å². The monoisotopic (exact) mass is 175 g/mol. The molecule has 0 unspecified atom stereocenters. The maximum Gasteiger partial charge on any atom is 0.139 e. The van der Waals surface area contributed by atoms with Gasteiger partial charge in [0.05, 0.1) is 5.76 Å². The number of ether oxygens (including phenoxy) is 1. The molecule has 0 aromatic heterocycles. The van der Waals surface area contributed by atoms with Gasteiger partial charge in [0, 0.05) is 12.1 Å². The van der Waals surface area contributed by atoms with E-state index in [0.29, 0.717) is 6.73 Å². The Hall–Kier alpha value is -1.28. The van der Waals surface area contributed by atoms with E-state index in [0.717, 1.165) is 12.3 Å². The van der Waals surface area contributed by atoms with Gasteiger partial charge in [-0.25, -0.2) is 0 Å². The van der Waals surface area contributed by atoms with E-state index in [9.17, 15) is 0 Å². The highest BCUT2D eigenvalue weighted by Crippen LogP contribution is 2.20. The first-order valence-corrected chi connectivity index (χ1v) is 4.46. The van der Waals surface area contributed by atoms with Gasteiger partial charge in [0.2, 0.25) is 0 Å². The summed E-state index contributed by atoms with van der Waals surface area (Å²) in [6.07, 6.45) is 0. The molecule has 0 saturated heterocycles. The molecule has 1 aliphatic heterocycles. The van der Waals surface area contributed by atoms with Gasteiger partial charge in [-0.05, 0) is 12.5 Å². The second-order valence-corrected chi connectivity index (χ2v) is 3.12. The Bertz CT molecular complexity index is 316. The third-order valence-corrected chi connectivity index (χ3v) is 2.24. The van der Waals surface area contributed by atoms with Crippen LogP contribution in [0.5, 0.6) is 0 Å². The van der Waals surface area contributed by atoms with Crippen LogP contribution in [0.15, 0.2) is 36.1 Å². The van der Waals surface area contributed by atoms with Crippen molar-refractivity contribution in [3.05, 3.63) is 41.7 Å². The van der Waals surface area contributed by atoms with Crippen molar-refractivity contribution in [1.29, 1.82) is 0 Å². The van der Waals surface area contributed by atoms with Crippen LogP contribution in [0.1, 0.15) is 12.5 Å². The van der Waals surface area contributed by atoms with E-state index in [1.807, 2.05) is 25.1 Å². The van der Waals surface area contributed by atoms with Crippen molar-refractivity contribution < 1.29 is 4.74 Å². The molecule has 0 spiro atoms. The van der Waals surface area contributed by atoms with Crippen LogP contribution in [-0.4, -0.2) is 13.3 Å². The average molecular weight is 175 g/mol. The predicted octanol–water partition coefficient (Wildman–Crippen LogP) is 1.99. The summed E-state index contributed by atoms with van der Waals surface area (Å²) >= 11 is 0. The molecule has 1 aromatic carbocycles. The van der Waals surface area contributed by atoms with Crippen molar-refractivity contribution in [3.63, 3.8) is 0 Å². The summed E-state index contributed by atoms with van der Waals surface area (Å²) in [7, 11) is 0. The molecule has 2 rings (SSSR count). The zero-order chi connectivity index (χ0) is 9.10. The van der Waals surface area contributed by atoms with E-state index in [2.05, 4.69) is 17.4 Å². The number of benzene rings is 1. The Kier molecular flexibility index (Phi) is 2.32. The summed E-state index contributed by atoms with van der Waals surface area (Å²) in [5.74, 6) is 1.03. The summed E-state index contributed by atoms with van der Waals surface area (Å²) < 4.78 is 5.41. The van der Waals surface area contributed by atoms with Crippen LogP contribution in [0.4, 0.5) is 0 Å². The molecule has 0 atom stereocenters. The van der Waals surface area contributed by atoms with Gasteiger partial charge in [-0.2, -0.15) is 0 Å². The van der Waals surface area contributed by atoms with Gasteiger partial charge in [-0.3, -0.25) is 5.32 Å². The third-order valence-electron chi connectivity index (χ3n) is 2.24. The lowest BCUT2D eigenvalue weighted by molar-refractivity contribution is 0.183. The molecule has 0 bridgehead atoms. The summed E-state index contributed by atoms with van der Waals surface area (Å²) in [5, 5.41) is 3.18. The predicted molar refractivity (Wildman–Crippen MR) is 53.0 cm³/mol. The van der Waals surface area contributed by atoms with Gasteiger partial charge >= 0.3 is 0 Å². The second kappa shape index (κ2) is 3.62. The van der Waals surface area contributed by atoms with Gasteiger partial charge in [0.25, 0.3) is 0 Å². The van der Waals surface area contributed by atoms with E-state index in [4.69, 9.17) is 4.74 Å². The van der Waals surface area contributed by atoms with E-state index in [1.165, 1.54) is 11.1 Å². The van der Waals surface area contributed by atoms with E-state index in [1.54, 1.807) is 0 Å². The van der Waals surface area contributed by atoms with Crippen LogP contribution in [0.25, 0.3) is 5.57 Å². The lowest BCUT2D eigenvalue weighted by Crippen LogP contribution is -2.25. The van der Waals surface area contributed by atoms with E-state index >= 15 is 0 Å². The van der Waals surface area contributed by atoms with Crippen LogP contribution < -0.4 is 5.32 Å². The number of nitrogens with one attached hydrogen (secondary N) is 1. The number of hydrogen-bond acceptors (Lipinski definition) is 2. The van der Waals surface area contributed by atoms with Crippen molar-refractivity contribution in [2.45, 2.75) is 6.92 Å². The van der Waals surface area contributed by atoms with Gasteiger partial charge in [0.15, 0.2) is 0 Å². The van der Waals surface area contributed by atoms with Crippen molar-refractivity contribution in [3.8, 4) is 0 Å². The zero-order valence-electron chi connectivity index (χ0n) is 7.71. The fourth-order valence-electron chi connectivity index (χ4n) is 1.49. The average Bonchev–Trinajstić information content (AvgIpc) is 2.20. The number of allylic oxidation sites excluding steroid dienone is 1.